The maximum absolute atomic E-state index is 12.5. The summed E-state index contributed by atoms with van der Waals surface area (Å²) in [5.74, 6) is 0.105. The van der Waals surface area contributed by atoms with Gasteiger partial charge in [-0.3, -0.25) is 4.79 Å². The number of hydrogen-bond acceptors (Lipinski definition) is 3. The van der Waals surface area contributed by atoms with E-state index < -0.39 is 0 Å². The maximum Gasteiger partial charge on any atom is 0.227 e. The second kappa shape index (κ2) is 7.57. The Labute approximate surface area is 127 Å². The molecule has 0 aromatic heterocycles. The Balaban J connectivity index is 1.97. The van der Waals surface area contributed by atoms with Gasteiger partial charge in [-0.1, -0.05) is 37.1 Å². The number of rotatable bonds is 7. The van der Waals surface area contributed by atoms with Crippen LogP contribution in [0.1, 0.15) is 43.7 Å². The number of nitrogens with one attached hydrogen (secondary N) is 1. The van der Waals surface area contributed by atoms with Crippen molar-refractivity contribution in [3.05, 3.63) is 35.4 Å². The van der Waals surface area contributed by atoms with Crippen LogP contribution in [0, 0.1) is 5.41 Å². The van der Waals surface area contributed by atoms with Gasteiger partial charge in [0.1, 0.15) is 0 Å². The summed E-state index contributed by atoms with van der Waals surface area (Å²) in [5, 5.41) is 3.07. The molecular weight excluding hydrogens is 264 g/mol. The smallest absolute Gasteiger partial charge is 0.227 e. The van der Waals surface area contributed by atoms with E-state index >= 15 is 0 Å². The van der Waals surface area contributed by atoms with Crippen molar-refractivity contribution >= 4 is 5.91 Å². The Morgan fingerprint density at radius 1 is 1.29 bits per heavy atom. The van der Waals surface area contributed by atoms with Gasteiger partial charge >= 0.3 is 0 Å². The molecule has 1 aliphatic rings. The van der Waals surface area contributed by atoms with E-state index in [9.17, 15) is 4.79 Å². The predicted molar refractivity (Wildman–Crippen MR) is 83.6 cm³/mol. The molecule has 3 N–H and O–H groups in total. The first-order chi connectivity index (χ1) is 10.2. The van der Waals surface area contributed by atoms with Crippen molar-refractivity contribution in [2.24, 2.45) is 11.1 Å². The number of nitrogens with two attached hydrogens (primary N) is 1. The molecule has 1 fully saturated rings. The number of carbonyl (C=O) groups is 1. The van der Waals surface area contributed by atoms with Gasteiger partial charge in [-0.25, -0.2) is 0 Å². The van der Waals surface area contributed by atoms with Crippen LogP contribution in [0.15, 0.2) is 24.3 Å². The molecule has 0 bridgehead atoms. The monoisotopic (exact) mass is 290 g/mol. The van der Waals surface area contributed by atoms with Crippen LogP contribution in [0.4, 0.5) is 0 Å². The highest BCUT2D eigenvalue weighted by molar-refractivity contribution is 5.83. The Bertz CT molecular complexity index is 468. The molecule has 0 radical (unpaired) electrons. The van der Waals surface area contributed by atoms with Gasteiger partial charge < -0.3 is 15.8 Å². The van der Waals surface area contributed by atoms with Gasteiger partial charge in [0.15, 0.2) is 0 Å². The van der Waals surface area contributed by atoms with Crippen molar-refractivity contribution in [2.45, 2.75) is 45.8 Å². The normalized spacial score (nSPS) is 16.9. The first-order valence-electron chi connectivity index (χ1n) is 7.85. The highest BCUT2D eigenvalue weighted by atomic mass is 16.5. The van der Waals surface area contributed by atoms with E-state index in [1.807, 2.05) is 31.2 Å². The molecule has 0 heterocycles. The van der Waals surface area contributed by atoms with Crippen molar-refractivity contribution in [1.82, 2.24) is 5.32 Å². The van der Waals surface area contributed by atoms with Gasteiger partial charge in [-0.15, -0.1) is 0 Å². The Hall–Kier alpha value is -1.39. The molecular formula is C17H26N2O2. The molecule has 21 heavy (non-hydrogen) atoms. The van der Waals surface area contributed by atoms with Crippen molar-refractivity contribution in [3.63, 3.8) is 0 Å². The molecule has 1 amide bonds. The summed E-state index contributed by atoms with van der Waals surface area (Å²) in [6, 6.07) is 8.08. The van der Waals surface area contributed by atoms with Crippen LogP contribution in [0.2, 0.25) is 0 Å². The highest BCUT2D eigenvalue weighted by Crippen LogP contribution is 2.37. The fourth-order valence-electron chi connectivity index (χ4n) is 3.02. The van der Waals surface area contributed by atoms with E-state index in [0.29, 0.717) is 26.3 Å². The van der Waals surface area contributed by atoms with E-state index in [1.165, 1.54) is 0 Å². The SMILES string of the molecule is CCOCc1ccccc1CNC(=O)C1(CN)CCCC1. The number of carbonyl (C=O) groups excluding carboxylic acids is 1. The van der Waals surface area contributed by atoms with Crippen molar-refractivity contribution < 1.29 is 9.53 Å². The summed E-state index contributed by atoms with van der Waals surface area (Å²) < 4.78 is 5.48. The van der Waals surface area contributed by atoms with Gasteiger partial charge in [0, 0.05) is 19.7 Å². The molecule has 0 atom stereocenters. The van der Waals surface area contributed by atoms with Crippen LogP contribution in [-0.4, -0.2) is 19.1 Å². The molecule has 4 heteroatoms. The second-order valence-corrected chi connectivity index (χ2v) is 5.78. The number of benzene rings is 1. The minimum absolute atomic E-state index is 0.105. The lowest BCUT2D eigenvalue weighted by molar-refractivity contribution is -0.130. The molecule has 1 aliphatic carbocycles. The number of hydrogen-bond donors (Lipinski definition) is 2. The topological polar surface area (TPSA) is 64.3 Å². The van der Waals surface area contributed by atoms with E-state index in [1.54, 1.807) is 0 Å². The third-order valence-corrected chi connectivity index (χ3v) is 4.45. The zero-order valence-corrected chi connectivity index (χ0v) is 12.9. The average Bonchev–Trinajstić information content (AvgIpc) is 3.01. The molecule has 2 rings (SSSR count). The van der Waals surface area contributed by atoms with Gasteiger partial charge in [-0.05, 0) is 30.9 Å². The Kier molecular flexibility index (Phi) is 5.76. The third kappa shape index (κ3) is 3.83. The van der Waals surface area contributed by atoms with Crippen LogP contribution >= 0.6 is 0 Å². The average molecular weight is 290 g/mol. The molecule has 0 saturated heterocycles. The van der Waals surface area contributed by atoms with Crippen LogP contribution in [0.3, 0.4) is 0 Å². The highest BCUT2D eigenvalue weighted by Gasteiger charge is 2.39. The Morgan fingerprint density at radius 2 is 1.95 bits per heavy atom. The zero-order chi connectivity index (χ0) is 15.1. The minimum atomic E-state index is -0.338. The van der Waals surface area contributed by atoms with E-state index in [4.69, 9.17) is 10.5 Å². The van der Waals surface area contributed by atoms with Gasteiger partial charge in [0.25, 0.3) is 0 Å². The van der Waals surface area contributed by atoms with Crippen molar-refractivity contribution in [2.75, 3.05) is 13.2 Å². The summed E-state index contributed by atoms with van der Waals surface area (Å²) >= 11 is 0. The first-order valence-corrected chi connectivity index (χ1v) is 7.85. The molecule has 4 nitrogen and oxygen atoms in total. The van der Waals surface area contributed by atoms with Gasteiger partial charge in [-0.2, -0.15) is 0 Å². The van der Waals surface area contributed by atoms with E-state index in [-0.39, 0.29) is 11.3 Å². The largest absolute Gasteiger partial charge is 0.377 e. The van der Waals surface area contributed by atoms with E-state index in [2.05, 4.69) is 5.32 Å². The predicted octanol–water partition coefficient (Wildman–Crippen LogP) is 2.36. The molecule has 0 spiro atoms. The lowest BCUT2D eigenvalue weighted by Crippen LogP contribution is -2.43. The molecule has 1 aromatic rings. The molecule has 0 aliphatic heterocycles. The van der Waals surface area contributed by atoms with Crippen LogP contribution in [-0.2, 0) is 22.7 Å². The fourth-order valence-corrected chi connectivity index (χ4v) is 3.02. The summed E-state index contributed by atoms with van der Waals surface area (Å²) in [5.41, 5.74) is 7.76. The van der Waals surface area contributed by atoms with Crippen molar-refractivity contribution in [3.8, 4) is 0 Å². The minimum Gasteiger partial charge on any atom is -0.377 e. The quantitative estimate of drug-likeness (QED) is 0.810. The lowest BCUT2D eigenvalue weighted by Gasteiger charge is -2.26. The molecule has 116 valence electrons. The number of ether oxygens (including phenoxy) is 1. The Morgan fingerprint density at radius 3 is 2.57 bits per heavy atom. The maximum atomic E-state index is 12.5. The third-order valence-electron chi connectivity index (χ3n) is 4.45. The first kappa shape index (κ1) is 16.0. The van der Waals surface area contributed by atoms with Gasteiger partial charge in [0.05, 0.1) is 12.0 Å². The van der Waals surface area contributed by atoms with Crippen molar-refractivity contribution in [1.29, 1.82) is 0 Å². The summed E-state index contributed by atoms with van der Waals surface area (Å²) in [6.07, 6.45) is 4.03. The van der Waals surface area contributed by atoms with E-state index in [0.717, 1.165) is 36.8 Å². The number of amides is 1. The summed E-state index contributed by atoms with van der Waals surface area (Å²) in [6.45, 7) is 4.25. The lowest BCUT2D eigenvalue weighted by atomic mass is 9.85. The molecule has 1 saturated carbocycles. The van der Waals surface area contributed by atoms with Crippen LogP contribution in [0.25, 0.3) is 0 Å². The summed E-state index contributed by atoms with van der Waals surface area (Å²) in [4.78, 5) is 12.5. The fraction of sp³-hybridized carbons (Fsp3) is 0.588. The van der Waals surface area contributed by atoms with Crippen LogP contribution < -0.4 is 11.1 Å². The van der Waals surface area contributed by atoms with Gasteiger partial charge in [0.2, 0.25) is 5.91 Å². The zero-order valence-electron chi connectivity index (χ0n) is 12.9. The van der Waals surface area contributed by atoms with Crippen LogP contribution in [0.5, 0.6) is 0 Å². The summed E-state index contributed by atoms with van der Waals surface area (Å²) in [7, 11) is 0. The molecule has 0 unspecified atom stereocenters. The standard InChI is InChI=1S/C17H26N2O2/c1-2-21-12-15-8-4-3-7-14(15)11-19-16(20)17(13-18)9-5-6-10-17/h3-4,7-8H,2,5-6,9-13,18H2,1H3,(H,19,20). The molecule has 1 aromatic carbocycles. The second-order valence-electron chi connectivity index (χ2n) is 5.78.